The maximum atomic E-state index is 12.2. The first-order chi connectivity index (χ1) is 13.3. The van der Waals surface area contributed by atoms with Gasteiger partial charge in [-0.2, -0.15) is 5.10 Å². The number of aryl methyl sites for hydroxylation is 2. The summed E-state index contributed by atoms with van der Waals surface area (Å²) < 4.78 is 7.20. The smallest absolute Gasteiger partial charge is 0.275 e. The van der Waals surface area contributed by atoms with Crippen LogP contribution in [0, 0.1) is 24.0 Å². The summed E-state index contributed by atoms with van der Waals surface area (Å²) >= 11 is 6.00. The highest BCUT2D eigenvalue weighted by Crippen LogP contribution is 2.31. The van der Waals surface area contributed by atoms with Crippen LogP contribution in [0.3, 0.4) is 0 Å². The molecule has 28 heavy (non-hydrogen) atoms. The number of non-ortho nitro benzene ring substituents is 1. The second kappa shape index (κ2) is 8.10. The highest BCUT2D eigenvalue weighted by atomic mass is 35.5. The minimum Gasteiger partial charge on any atom is -0.457 e. The minimum atomic E-state index is -0.549. The van der Waals surface area contributed by atoms with Crippen LogP contribution < -0.4 is 10.1 Å². The summed E-state index contributed by atoms with van der Waals surface area (Å²) in [6.45, 7) is 3.68. The molecule has 0 aliphatic heterocycles. The molecular formula is C19H17ClN4O4. The fourth-order valence-corrected chi connectivity index (χ4v) is 2.66. The molecule has 8 nitrogen and oxygen atoms in total. The predicted molar refractivity (Wildman–Crippen MR) is 105 cm³/mol. The van der Waals surface area contributed by atoms with Crippen molar-refractivity contribution >= 4 is 28.9 Å². The van der Waals surface area contributed by atoms with E-state index in [0.717, 1.165) is 11.1 Å². The number of nitro groups is 1. The molecule has 0 unspecified atom stereocenters. The van der Waals surface area contributed by atoms with Crippen molar-refractivity contribution in [1.82, 2.24) is 9.78 Å². The second-order valence-corrected chi connectivity index (χ2v) is 6.66. The Morgan fingerprint density at radius 2 is 2.04 bits per heavy atom. The van der Waals surface area contributed by atoms with E-state index in [4.69, 9.17) is 16.3 Å². The van der Waals surface area contributed by atoms with Crippen molar-refractivity contribution in [2.24, 2.45) is 0 Å². The number of nitrogens with one attached hydrogen (secondary N) is 1. The van der Waals surface area contributed by atoms with E-state index >= 15 is 0 Å². The number of nitro benzene ring substituents is 1. The topological polar surface area (TPSA) is 99.3 Å². The lowest BCUT2D eigenvalue weighted by Gasteiger charge is -2.10. The third-order valence-corrected chi connectivity index (χ3v) is 4.24. The Morgan fingerprint density at radius 3 is 2.68 bits per heavy atom. The van der Waals surface area contributed by atoms with Gasteiger partial charge in [0.1, 0.15) is 18.0 Å². The number of nitrogens with zero attached hydrogens (tertiary/aromatic N) is 3. The molecule has 9 heteroatoms. The Morgan fingerprint density at radius 1 is 1.25 bits per heavy atom. The van der Waals surface area contributed by atoms with E-state index in [0.29, 0.717) is 10.8 Å². The average Bonchev–Trinajstić information content (AvgIpc) is 3.02. The molecular weight excluding hydrogens is 384 g/mol. The molecule has 2 aromatic carbocycles. The van der Waals surface area contributed by atoms with Gasteiger partial charge in [0.05, 0.1) is 22.9 Å². The molecule has 1 aromatic heterocycles. The lowest BCUT2D eigenvalue weighted by molar-refractivity contribution is -0.384. The van der Waals surface area contributed by atoms with Crippen molar-refractivity contribution in [3.05, 3.63) is 75.1 Å². The quantitative estimate of drug-likeness (QED) is 0.485. The molecule has 3 rings (SSSR count). The summed E-state index contributed by atoms with van der Waals surface area (Å²) in [5, 5.41) is 18.5. The Labute approximate surface area is 165 Å². The highest BCUT2D eigenvalue weighted by Gasteiger charge is 2.14. The van der Waals surface area contributed by atoms with Crippen molar-refractivity contribution in [2.45, 2.75) is 20.4 Å². The SMILES string of the molecule is Cc1cnn(CC(=O)Nc2cc(Oc3ccc(Cl)c(C)c3)cc([N+](=O)[O-])c2)c1. The number of hydrogen-bond donors (Lipinski definition) is 1. The Hall–Kier alpha value is -3.39. The molecule has 0 saturated heterocycles. The summed E-state index contributed by atoms with van der Waals surface area (Å²) in [6.07, 6.45) is 3.37. The maximum Gasteiger partial charge on any atom is 0.275 e. The van der Waals surface area contributed by atoms with Gasteiger partial charge in [-0.3, -0.25) is 19.6 Å². The normalized spacial score (nSPS) is 10.5. The number of rotatable bonds is 6. The van der Waals surface area contributed by atoms with Crippen LogP contribution in [0.2, 0.25) is 5.02 Å². The molecule has 0 aliphatic rings. The van der Waals surface area contributed by atoms with Crippen molar-refractivity contribution in [1.29, 1.82) is 0 Å². The third kappa shape index (κ3) is 4.86. The van der Waals surface area contributed by atoms with Gasteiger partial charge in [0.25, 0.3) is 5.69 Å². The first kappa shape index (κ1) is 19.4. The fourth-order valence-electron chi connectivity index (χ4n) is 2.54. The third-order valence-electron chi connectivity index (χ3n) is 3.82. The molecule has 0 atom stereocenters. The van der Waals surface area contributed by atoms with Crippen molar-refractivity contribution in [3.8, 4) is 11.5 Å². The van der Waals surface area contributed by atoms with Crippen molar-refractivity contribution in [3.63, 3.8) is 0 Å². The molecule has 0 saturated carbocycles. The fraction of sp³-hybridized carbons (Fsp3) is 0.158. The van der Waals surface area contributed by atoms with E-state index < -0.39 is 4.92 Å². The van der Waals surface area contributed by atoms with E-state index in [-0.39, 0.29) is 29.6 Å². The maximum absolute atomic E-state index is 12.2. The zero-order chi connectivity index (χ0) is 20.3. The van der Waals surface area contributed by atoms with E-state index in [2.05, 4.69) is 10.4 Å². The van der Waals surface area contributed by atoms with Crippen LogP contribution in [0.5, 0.6) is 11.5 Å². The van der Waals surface area contributed by atoms with E-state index in [1.54, 1.807) is 30.6 Å². The molecule has 1 N–H and O–H groups in total. The van der Waals surface area contributed by atoms with E-state index in [9.17, 15) is 14.9 Å². The van der Waals surface area contributed by atoms with Gasteiger partial charge in [-0.15, -0.1) is 0 Å². The zero-order valence-electron chi connectivity index (χ0n) is 15.2. The lowest BCUT2D eigenvalue weighted by Crippen LogP contribution is -2.19. The number of anilines is 1. The number of carbonyl (C=O) groups excluding carboxylic acids is 1. The standard InChI is InChI=1S/C19H17ClN4O4/c1-12-9-21-23(10-12)11-19(25)22-14-6-15(24(26)27)8-17(7-14)28-16-3-4-18(20)13(2)5-16/h3-10H,11H2,1-2H3,(H,22,25). The molecule has 144 valence electrons. The number of ether oxygens (including phenoxy) is 1. The first-order valence-corrected chi connectivity index (χ1v) is 8.70. The summed E-state index contributed by atoms with van der Waals surface area (Å²) in [5.74, 6) is 0.338. The van der Waals surface area contributed by atoms with Crippen LogP contribution >= 0.6 is 11.6 Å². The van der Waals surface area contributed by atoms with E-state index in [1.165, 1.54) is 22.9 Å². The number of amides is 1. The first-order valence-electron chi connectivity index (χ1n) is 8.32. The summed E-state index contributed by atoms with van der Waals surface area (Å²) in [7, 11) is 0. The monoisotopic (exact) mass is 400 g/mol. The van der Waals surface area contributed by atoms with Crippen molar-refractivity contribution in [2.75, 3.05) is 5.32 Å². The number of carbonyl (C=O) groups is 1. The lowest BCUT2D eigenvalue weighted by atomic mass is 10.2. The molecule has 0 radical (unpaired) electrons. The van der Waals surface area contributed by atoms with Crippen molar-refractivity contribution < 1.29 is 14.5 Å². The molecule has 1 amide bonds. The van der Waals surface area contributed by atoms with Gasteiger partial charge in [0, 0.05) is 23.4 Å². The Bertz CT molecular complexity index is 1050. The minimum absolute atomic E-state index is 0.0108. The molecule has 0 fully saturated rings. The number of hydrogen-bond acceptors (Lipinski definition) is 5. The van der Waals surface area contributed by atoms with Crippen LogP contribution in [0.1, 0.15) is 11.1 Å². The largest absolute Gasteiger partial charge is 0.457 e. The second-order valence-electron chi connectivity index (χ2n) is 6.25. The number of halogens is 1. The van der Waals surface area contributed by atoms with Crippen LogP contribution in [-0.2, 0) is 11.3 Å². The van der Waals surface area contributed by atoms with Crippen LogP contribution in [0.25, 0.3) is 0 Å². The number of benzene rings is 2. The predicted octanol–water partition coefficient (Wildman–Crippen LogP) is 4.49. The Balaban J connectivity index is 1.81. The van der Waals surface area contributed by atoms with Gasteiger partial charge >= 0.3 is 0 Å². The molecule has 1 heterocycles. The highest BCUT2D eigenvalue weighted by molar-refractivity contribution is 6.31. The summed E-state index contributed by atoms with van der Waals surface area (Å²) in [4.78, 5) is 22.9. The summed E-state index contributed by atoms with van der Waals surface area (Å²) in [5.41, 5.74) is 1.79. The molecule has 0 aliphatic carbocycles. The van der Waals surface area contributed by atoms with Crippen LogP contribution in [-0.4, -0.2) is 20.6 Å². The molecule has 3 aromatic rings. The Kier molecular flexibility index (Phi) is 5.60. The molecule has 0 bridgehead atoms. The van der Waals surface area contributed by atoms with Gasteiger partial charge in [-0.1, -0.05) is 11.6 Å². The van der Waals surface area contributed by atoms with E-state index in [1.807, 2.05) is 13.8 Å². The van der Waals surface area contributed by atoms with Crippen LogP contribution in [0.4, 0.5) is 11.4 Å². The number of aromatic nitrogens is 2. The van der Waals surface area contributed by atoms with Crippen LogP contribution in [0.15, 0.2) is 48.8 Å². The van der Waals surface area contributed by atoms with Gasteiger partial charge in [-0.25, -0.2) is 0 Å². The summed E-state index contributed by atoms with van der Waals surface area (Å²) in [6, 6.07) is 9.14. The van der Waals surface area contributed by atoms with Gasteiger partial charge < -0.3 is 10.1 Å². The van der Waals surface area contributed by atoms with Gasteiger partial charge in [-0.05, 0) is 43.2 Å². The zero-order valence-corrected chi connectivity index (χ0v) is 15.9. The van der Waals surface area contributed by atoms with Gasteiger partial charge in [0.15, 0.2) is 0 Å². The van der Waals surface area contributed by atoms with Gasteiger partial charge in [0.2, 0.25) is 5.91 Å². The average molecular weight is 401 g/mol. The molecule has 0 spiro atoms.